The van der Waals surface area contributed by atoms with Gasteiger partial charge in [0.05, 0.1) is 23.7 Å². The molecule has 3 aromatic rings. The Morgan fingerprint density at radius 1 is 1.32 bits per heavy atom. The molecule has 1 aromatic carbocycles. The molecular weight excluding hydrogens is 372 g/mol. The van der Waals surface area contributed by atoms with Crippen LogP contribution in [0.1, 0.15) is 24.5 Å². The largest absolute Gasteiger partial charge is 0.326 e. The highest BCUT2D eigenvalue weighted by molar-refractivity contribution is 7.07. The fourth-order valence-electron chi connectivity index (χ4n) is 3.63. The predicted octanol–water partition coefficient (Wildman–Crippen LogP) is 3.10. The highest BCUT2D eigenvalue weighted by Gasteiger charge is 2.26. The van der Waals surface area contributed by atoms with E-state index in [2.05, 4.69) is 25.3 Å². The molecule has 1 aliphatic rings. The average Bonchev–Trinajstić information content (AvgIpc) is 3.33. The Balaban J connectivity index is 1.35. The first-order valence-electron chi connectivity index (χ1n) is 9.47. The van der Waals surface area contributed by atoms with E-state index in [4.69, 9.17) is 0 Å². The molecule has 4 rings (SSSR count). The average molecular weight is 397 g/mol. The highest BCUT2D eigenvalue weighted by Crippen LogP contribution is 2.23. The summed E-state index contributed by atoms with van der Waals surface area (Å²) in [6.45, 7) is 4.35. The van der Waals surface area contributed by atoms with E-state index in [0.29, 0.717) is 0 Å². The molecule has 1 fully saturated rings. The number of likely N-dealkylation sites (tertiary alicyclic amines) is 1. The topological polar surface area (TPSA) is 75.9 Å². The van der Waals surface area contributed by atoms with E-state index < -0.39 is 0 Å². The minimum atomic E-state index is -0.0127. The van der Waals surface area contributed by atoms with Crippen molar-refractivity contribution in [3.63, 3.8) is 0 Å². The van der Waals surface area contributed by atoms with Gasteiger partial charge in [-0.2, -0.15) is 5.10 Å². The smallest absolute Gasteiger partial charge is 0.228 e. The van der Waals surface area contributed by atoms with Crippen LogP contribution in [0.4, 0.5) is 5.69 Å². The van der Waals surface area contributed by atoms with Crippen LogP contribution >= 0.6 is 11.3 Å². The van der Waals surface area contributed by atoms with Crippen molar-refractivity contribution in [3.05, 3.63) is 46.8 Å². The minimum absolute atomic E-state index is 0.0127. The maximum Gasteiger partial charge on any atom is 0.228 e. The van der Waals surface area contributed by atoms with E-state index in [1.807, 2.05) is 53.8 Å². The number of nitrogens with one attached hydrogen (secondary N) is 1. The summed E-state index contributed by atoms with van der Waals surface area (Å²) in [5, 5.41) is 9.39. The lowest BCUT2D eigenvalue weighted by Gasteiger charge is -2.31. The van der Waals surface area contributed by atoms with E-state index >= 15 is 0 Å². The summed E-state index contributed by atoms with van der Waals surface area (Å²) in [5.74, 6) is 1.79. The summed E-state index contributed by atoms with van der Waals surface area (Å²) in [6.07, 6.45) is 1.93. The molecule has 146 valence electrons. The fraction of sp³-hybridized carbons (Fsp3) is 0.400. The van der Waals surface area contributed by atoms with Crippen LogP contribution in [0.3, 0.4) is 0 Å². The lowest BCUT2D eigenvalue weighted by Crippen LogP contribution is -2.40. The zero-order valence-corrected chi connectivity index (χ0v) is 16.9. The lowest BCUT2D eigenvalue weighted by atomic mass is 9.97. The second-order valence-corrected chi connectivity index (χ2v) is 7.93. The molecule has 3 heterocycles. The minimum Gasteiger partial charge on any atom is -0.326 e. The molecule has 0 aliphatic carbocycles. The number of carbonyl (C=O) groups excluding carboxylic acids is 1. The van der Waals surface area contributed by atoms with Gasteiger partial charge in [0.25, 0.3) is 0 Å². The summed E-state index contributed by atoms with van der Waals surface area (Å²) < 4.78 is 1.82. The number of rotatable bonds is 5. The molecule has 0 unspecified atom stereocenters. The second-order valence-electron chi connectivity index (χ2n) is 7.21. The van der Waals surface area contributed by atoms with E-state index in [1.54, 1.807) is 11.3 Å². The summed E-state index contributed by atoms with van der Waals surface area (Å²) in [7, 11) is 1.92. The van der Waals surface area contributed by atoms with Gasteiger partial charge in [-0.05, 0) is 38.4 Å². The van der Waals surface area contributed by atoms with Crippen molar-refractivity contribution < 1.29 is 4.79 Å². The van der Waals surface area contributed by atoms with Crippen LogP contribution in [-0.4, -0.2) is 43.6 Å². The first-order valence-corrected chi connectivity index (χ1v) is 10.4. The number of nitrogens with zero attached hydrogens (tertiary/aromatic N) is 5. The summed E-state index contributed by atoms with van der Waals surface area (Å²) in [4.78, 5) is 23.9. The molecule has 8 heteroatoms. The van der Waals surface area contributed by atoms with E-state index in [0.717, 1.165) is 61.1 Å². The van der Waals surface area contributed by atoms with Gasteiger partial charge >= 0.3 is 0 Å². The van der Waals surface area contributed by atoms with Crippen molar-refractivity contribution in [2.24, 2.45) is 13.0 Å². The number of hydrogen-bond acceptors (Lipinski definition) is 6. The Morgan fingerprint density at radius 3 is 2.82 bits per heavy atom. The van der Waals surface area contributed by atoms with Crippen molar-refractivity contribution >= 4 is 22.9 Å². The number of carbonyl (C=O) groups is 1. The molecule has 28 heavy (non-hydrogen) atoms. The SMILES string of the molecule is Cc1nc(CN2CCC[C@H](C(=O)Nc3ccc(-c4cscn4)cc3)C2)n(C)n1. The first-order chi connectivity index (χ1) is 13.6. The second kappa shape index (κ2) is 8.20. The lowest BCUT2D eigenvalue weighted by molar-refractivity contribution is -0.121. The highest BCUT2D eigenvalue weighted by atomic mass is 32.1. The van der Waals surface area contributed by atoms with Crippen molar-refractivity contribution in [1.82, 2.24) is 24.6 Å². The number of thiazole rings is 1. The Morgan fingerprint density at radius 2 is 2.14 bits per heavy atom. The standard InChI is InChI=1S/C20H24N6OS/c1-14-22-19(25(2)24-14)11-26-9-3-4-16(10-26)20(27)23-17-7-5-15(6-8-17)18-12-28-13-21-18/h5-8,12-13,16H,3-4,9-11H2,1-2H3,(H,23,27)/t16-/m0/s1. The van der Waals surface area contributed by atoms with Gasteiger partial charge in [0.15, 0.2) is 0 Å². The van der Waals surface area contributed by atoms with Crippen LogP contribution in [0, 0.1) is 12.8 Å². The van der Waals surface area contributed by atoms with Crippen LogP contribution in [0.15, 0.2) is 35.2 Å². The molecule has 0 spiro atoms. The molecule has 2 aromatic heterocycles. The molecule has 1 saturated heterocycles. The third-order valence-corrected chi connectivity index (χ3v) is 5.67. The quantitative estimate of drug-likeness (QED) is 0.717. The van der Waals surface area contributed by atoms with Gasteiger partial charge in [0.1, 0.15) is 11.6 Å². The van der Waals surface area contributed by atoms with Gasteiger partial charge in [-0.15, -0.1) is 11.3 Å². The number of aryl methyl sites for hydroxylation is 2. The zero-order chi connectivity index (χ0) is 19.5. The third-order valence-electron chi connectivity index (χ3n) is 5.08. The van der Waals surface area contributed by atoms with Crippen LogP contribution in [0.5, 0.6) is 0 Å². The summed E-state index contributed by atoms with van der Waals surface area (Å²) in [6, 6.07) is 7.87. The number of aromatic nitrogens is 4. The van der Waals surface area contributed by atoms with Gasteiger partial charge in [0.2, 0.25) is 5.91 Å². The Hall–Kier alpha value is -2.58. The predicted molar refractivity (Wildman–Crippen MR) is 110 cm³/mol. The Kier molecular flexibility index (Phi) is 5.50. The summed E-state index contributed by atoms with van der Waals surface area (Å²) >= 11 is 1.58. The van der Waals surface area contributed by atoms with Crippen LogP contribution < -0.4 is 5.32 Å². The number of anilines is 1. The molecule has 0 radical (unpaired) electrons. The maximum absolute atomic E-state index is 12.8. The van der Waals surface area contributed by atoms with Gasteiger partial charge in [-0.1, -0.05) is 12.1 Å². The van der Waals surface area contributed by atoms with Crippen molar-refractivity contribution in [3.8, 4) is 11.3 Å². The van der Waals surface area contributed by atoms with Crippen LogP contribution in [0.25, 0.3) is 11.3 Å². The van der Waals surface area contributed by atoms with E-state index in [-0.39, 0.29) is 11.8 Å². The number of benzene rings is 1. The molecule has 7 nitrogen and oxygen atoms in total. The molecule has 0 saturated carbocycles. The number of piperidine rings is 1. The fourth-order valence-corrected chi connectivity index (χ4v) is 4.19. The Bertz CT molecular complexity index is 934. The first kappa shape index (κ1) is 18.8. The molecule has 1 aliphatic heterocycles. The van der Waals surface area contributed by atoms with Gasteiger partial charge in [-0.3, -0.25) is 14.4 Å². The molecule has 1 amide bonds. The van der Waals surface area contributed by atoms with Crippen molar-refractivity contribution in [2.45, 2.75) is 26.3 Å². The van der Waals surface area contributed by atoms with E-state index in [9.17, 15) is 4.79 Å². The summed E-state index contributed by atoms with van der Waals surface area (Å²) in [5.41, 5.74) is 4.67. The normalized spacial score (nSPS) is 17.6. The molecule has 1 atom stereocenters. The van der Waals surface area contributed by atoms with Gasteiger partial charge in [-0.25, -0.2) is 9.97 Å². The third kappa shape index (κ3) is 4.28. The van der Waals surface area contributed by atoms with Gasteiger partial charge < -0.3 is 5.32 Å². The molecule has 0 bridgehead atoms. The maximum atomic E-state index is 12.8. The van der Waals surface area contributed by atoms with Crippen molar-refractivity contribution in [2.75, 3.05) is 18.4 Å². The van der Waals surface area contributed by atoms with Crippen molar-refractivity contribution in [1.29, 1.82) is 0 Å². The number of hydrogen-bond donors (Lipinski definition) is 1. The van der Waals surface area contributed by atoms with Gasteiger partial charge in [0, 0.05) is 30.2 Å². The monoisotopic (exact) mass is 396 g/mol. The number of amides is 1. The molecular formula is C20H24N6OS. The van der Waals surface area contributed by atoms with Crippen LogP contribution in [0.2, 0.25) is 0 Å². The van der Waals surface area contributed by atoms with Crippen LogP contribution in [-0.2, 0) is 18.4 Å². The van der Waals surface area contributed by atoms with E-state index in [1.165, 1.54) is 0 Å². The Labute approximate surface area is 168 Å². The zero-order valence-electron chi connectivity index (χ0n) is 16.1. The molecule has 1 N–H and O–H groups in total.